The predicted molar refractivity (Wildman–Crippen MR) is 82.3 cm³/mol. The summed E-state index contributed by atoms with van der Waals surface area (Å²) >= 11 is 0. The summed E-state index contributed by atoms with van der Waals surface area (Å²) in [5.41, 5.74) is 0.948. The van der Waals surface area contributed by atoms with Crippen molar-refractivity contribution in [3.8, 4) is 0 Å². The number of amides is 2. The molecule has 3 N–H and O–H groups in total. The van der Waals surface area contributed by atoms with E-state index in [1.807, 2.05) is 13.8 Å². The zero-order chi connectivity index (χ0) is 16.3. The Kier molecular flexibility index (Phi) is 10.3. The van der Waals surface area contributed by atoms with Crippen LogP contribution >= 0.6 is 0 Å². The zero-order valence-electron chi connectivity index (χ0n) is 13.3. The summed E-state index contributed by atoms with van der Waals surface area (Å²) in [6.45, 7) is 10.6. The largest absolute Gasteiger partial charge is 0.481 e. The molecular weight excluding hydrogens is 272 g/mol. The lowest BCUT2D eigenvalue weighted by atomic mass is 10.0. The summed E-state index contributed by atoms with van der Waals surface area (Å²) < 4.78 is 5.27. The minimum absolute atomic E-state index is 0.0160. The number of hydrogen-bond donors (Lipinski definition) is 3. The number of urea groups is 1. The Morgan fingerprint density at radius 3 is 2.52 bits per heavy atom. The minimum atomic E-state index is -0.775. The Morgan fingerprint density at radius 1 is 1.29 bits per heavy atom. The van der Waals surface area contributed by atoms with Gasteiger partial charge < -0.3 is 20.5 Å². The molecule has 0 fully saturated rings. The van der Waals surface area contributed by atoms with Crippen molar-refractivity contribution in [2.24, 2.45) is 5.92 Å². The predicted octanol–water partition coefficient (Wildman–Crippen LogP) is 2.16. The molecular formula is C15H28N2O4. The third kappa shape index (κ3) is 11.9. The average Bonchev–Trinajstić information content (AvgIpc) is 2.37. The van der Waals surface area contributed by atoms with Gasteiger partial charge in [0.1, 0.15) is 0 Å². The fourth-order valence-electron chi connectivity index (χ4n) is 1.68. The summed E-state index contributed by atoms with van der Waals surface area (Å²) in [6.07, 6.45) is 2.16. The third-order valence-electron chi connectivity index (χ3n) is 2.95. The second-order valence-corrected chi connectivity index (χ2v) is 5.48. The smallest absolute Gasteiger partial charge is 0.315 e. The first-order chi connectivity index (χ1) is 9.82. The van der Waals surface area contributed by atoms with Gasteiger partial charge in [-0.2, -0.15) is 0 Å². The van der Waals surface area contributed by atoms with Crippen LogP contribution in [0.15, 0.2) is 12.2 Å². The maximum atomic E-state index is 11.6. The van der Waals surface area contributed by atoms with Crippen LogP contribution < -0.4 is 10.6 Å². The van der Waals surface area contributed by atoms with Gasteiger partial charge in [-0.1, -0.05) is 25.5 Å². The number of aliphatic carboxylic acids is 1. The standard InChI is InChI=1S/C15H28N2O4/c1-11(2)10-21-9-8-16-15(20)17-13(4)7-5-6-12(3)14(18)19/h12-13H,1,5-10H2,2-4H3,(H,18,19)(H2,16,17,20). The van der Waals surface area contributed by atoms with E-state index in [4.69, 9.17) is 9.84 Å². The molecule has 0 bridgehead atoms. The first-order valence-corrected chi connectivity index (χ1v) is 7.32. The van der Waals surface area contributed by atoms with E-state index in [0.717, 1.165) is 18.4 Å². The minimum Gasteiger partial charge on any atom is -0.481 e. The maximum absolute atomic E-state index is 11.6. The van der Waals surface area contributed by atoms with Crippen molar-refractivity contribution in [1.29, 1.82) is 0 Å². The van der Waals surface area contributed by atoms with Crippen LogP contribution in [0, 0.1) is 5.92 Å². The van der Waals surface area contributed by atoms with Gasteiger partial charge in [-0.05, 0) is 26.7 Å². The lowest BCUT2D eigenvalue weighted by Crippen LogP contribution is -2.42. The number of carbonyl (C=O) groups excluding carboxylic acids is 1. The van der Waals surface area contributed by atoms with Gasteiger partial charge >= 0.3 is 12.0 Å². The normalized spacial score (nSPS) is 13.3. The molecule has 0 aliphatic rings. The van der Waals surface area contributed by atoms with E-state index < -0.39 is 5.97 Å². The number of carbonyl (C=O) groups is 2. The summed E-state index contributed by atoms with van der Waals surface area (Å²) in [4.78, 5) is 22.2. The van der Waals surface area contributed by atoms with Crippen LogP contribution in [0.3, 0.4) is 0 Å². The molecule has 0 aromatic heterocycles. The number of ether oxygens (including phenoxy) is 1. The molecule has 0 spiro atoms. The molecule has 0 aliphatic heterocycles. The van der Waals surface area contributed by atoms with Crippen LogP contribution in [-0.4, -0.2) is 42.9 Å². The topological polar surface area (TPSA) is 87.7 Å². The summed E-state index contributed by atoms with van der Waals surface area (Å²) in [5.74, 6) is -1.11. The summed E-state index contributed by atoms with van der Waals surface area (Å²) in [5, 5.41) is 14.3. The molecule has 2 atom stereocenters. The van der Waals surface area contributed by atoms with Gasteiger partial charge in [0, 0.05) is 12.6 Å². The zero-order valence-corrected chi connectivity index (χ0v) is 13.3. The highest BCUT2D eigenvalue weighted by molar-refractivity contribution is 5.74. The van der Waals surface area contributed by atoms with Crippen molar-refractivity contribution >= 4 is 12.0 Å². The second kappa shape index (κ2) is 11.1. The Balaban J connectivity index is 3.61. The molecule has 0 aromatic carbocycles. The van der Waals surface area contributed by atoms with Crippen molar-refractivity contribution in [2.45, 2.75) is 46.1 Å². The van der Waals surface area contributed by atoms with Gasteiger partial charge in [0.05, 0.1) is 19.1 Å². The molecule has 6 nitrogen and oxygen atoms in total. The van der Waals surface area contributed by atoms with Crippen LogP contribution in [0.1, 0.15) is 40.0 Å². The van der Waals surface area contributed by atoms with Gasteiger partial charge in [0.2, 0.25) is 0 Å². The molecule has 2 amide bonds. The van der Waals surface area contributed by atoms with E-state index in [1.54, 1.807) is 6.92 Å². The fourth-order valence-corrected chi connectivity index (χ4v) is 1.68. The van der Waals surface area contributed by atoms with Gasteiger partial charge in [-0.3, -0.25) is 4.79 Å². The molecule has 0 saturated heterocycles. The van der Waals surface area contributed by atoms with Crippen molar-refractivity contribution in [3.05, 3.63) is 12.2 Å². The molecule has 122 valence electrons. The summed E-state index contributed by atoms with van der Waals surface area (Å²) in [6, 6.07) is -0.213. The lowest BCUT2D eigenvalue weighted by Gasteiger charge is -2.15. The number of hydrogen-bond acceptors (Lipinski definition) is 3. The molecule has 0 aromatic rings. The van der Waals surface area contributed by atoms with Gasteiger partial charge in [0.15, 0.2) is 0 Å². The highest BCUT2D eigenvalue weighted by Gasteiger charge is 2.12. The van der Waals surface area contributed by atoms with Crippen LogP contribution in [0.2, 0.25) is 0 Å². The van der Waals surface area contributed by atoms with E-state index in [2.05, 4.69) is 17.2 Å². The average molecular weight is 300 g/mol. The number of carboxylic acids is 1. The van der Waals surface area contributed by atoms with Gasteiger partial charge in [-0.25, -0.2) is 4.79 Å². The monoisotopic (exact) mass is 300 g/mol. The molecule has 0 saturated carbocycles. The van der Waals surface area contributed by atoms with Crippen LogP contribution in [0.25, 0.3) is 0 Å². The number of nitrogens with one attached hydrogen (secondary N) is 2. The molecule has 0 rings (SSSR count). The fraction of sp³-hybridized carbons (Fsp3) is 0.733. The number of rotatable bonds is 11. The van der Waals surface area contributed by atoms with E-state index in [1.165, 1.54) is 0 Å². The molecule has 2 unspecified atom stereocenters. The first-order valence-electron chi connectivity index (χ1n) is 7.32. The van der Waals surface area contributed by atoms with Gasteiger partial charge in [0.25, 0.3) is 0 Å². The number of carboxylic acid groups (broad SMARTS) is 1. The summed E-state index contributed by atoms with van der Waals surface area (Å²) in [7, 11) is 0. The van der Waals surface area contributed by atoms with Crippen LogP contribution in [-0.2, 0) is 9.53 Å². The second-order valence-electron chi connectivity index (χ2n) is 5.48. The van der Waals surface area contributed by atoms with Crippen LogP contribution in [0.4, 0.5) is 4.79 Å². The first kappa shape index (κ1) is 19.4. The van der Waals surface area contributed by atoms with E-state index in [-0.39, 0.29) is 18.0 Å². The molecule has 0 heterocycles. The molecule has 0 aliphatic carbocycles. The Hall–Kier alpha value is -1.56. The molecule has 0 radical (unpaired) electrons. The van der Waals surface area contributed by atoms with E-state index in [9.17, 15) is 9.59 Å². The highest BCUT2D eigenvalue weighted by atomic mass is 16.5. The van der Waals surface area contributed by atoms with Crippen molar-refractivity contribution in [1.82, 2.24) is 10.6 Å². The molecule has 21 heavy (non-hydrogen) atoms. The van der Waals surface area contributed by atoms with Crippen molar-refractivity contribution in [2.75, 3.05) is 19.8 Å². The quantitative estimate of drug-likeness (QED) is 0.403. The third-order valence-corrected chi connectivity index (χ3v) is 2.95. The van der Waals surface area contributed by atoms with Crippen molar-refractivity contribution < 1.29 is 19.4 Å². The van der Waals surface area contributed by atoms with Crippen molar-refractivity contribution in [3.63, 3.8) is 0 Å². The Bertz CT molecular complexity index is 345. The van der Waals surface area contributed by atoms with E-state index in [0.29, 0.717) is 26.2 Å². The van der Waals surface area contributed by atoms with Crippen LogP contribution in [0.5, 0.6) is 0 Å². The SMILES string of the molecule is C=C(C)COCCNC(=O)NC(C)CCCC(C)C(=O)O. The Labute approximate surface area is 126 Å². The Morgan fingerprint density at radius 2 is 1.95 bits per heavy atom. The highest BCUT2D eigenvalue weighted by Crippen LogP contribution is 2.09. The lowest BCUT2D eigenvalue weighted by molar-refractivity contribution is -0.141. The maximum Gasteiger partial charge on any atom is 0.315 e. The molecule has 6 heteroatoms. The van der Waals surface area contributed by atoms with E-state index >= 15 is 0 Å². The van der Waals surface area contributed by atoms with Gasteiger partial charge in [-0.15, -0.1) is 0 Å².